The summed E-state index contributed by atoms with van der Waals surface area (Å²) in [6, 6.07) is 0. The molecule has 2 atom stereocenters. The number of unbranched alkanes of at least 4 members (excludes halogenated alkanes) is 25. The Bertz CT molecular complexity index is 1590. The lowest BCUT2D eigenvalue weighted by Gasteiger charge is -2.19. The lowest BCUT2D eigenvalue weighted by atomic mass is 10.0. The molecule has 0 bridgehead atoms. The highest BCUT2D eigenvalue weighted by molar-refractivity contribution is 7.47. The average molecular weight is 1070 g/mol. The molecule has 2 unspecified atom stereocenters. The molecular formula is C65H112NO8P. The summed E-state index contributed by atoms with van der Waals surface area (Å²) < 4.78 is 33.0. The number of esters is 2. The number of nitrogens with two attached hydrogens (primary N) is 1. The third-order valence-electron chi connectivity index (χ3n) is 12.6. The van der Waals surface area contributed by atoms with Crippen LogP contribution in [0.5, 0.6) is 0 Å². The van der Waals surface area contributed by atoms with Crippen LogP contribution in [0.3, 0.4) is 0 Å². The van der Waals surface area contributed by atoms with Gasteiger partial charge in [-0.05, 0) is 96.3 Å². The van der Waals surface area contributed by atoms with Crippen LogP contribution in [-0.2, 0) is 32.7 Å². The van der Waals surface area contributed by atoms with Crippen molar-refractivity contribution in [3.8, 4) is 0 Å². The van der Waals surface area contributed by atoms with Gasteiger partial charge in [0.1, 0.15) is 6.61 Å². The minimum atomic E-state index is -4.39. The average Bonchev–Trinajstić information content (AvgIpc) is 3.40. The van der Waals surface area contributed by atoms with Gasteiger partial charge in [0.2, 0.25) is 0 Å². The molecule has 0 amide bonds. The van der Waals surface area contributed by atoms with E-state index in [0.717, 1.165) is 109 Å². The topological polar surface area (TPSA) is 134 Å². The van der Waals surface area contributed by atoms with Crippen molar-refractivity contribution in [2.75, 3.05) is 26.4 Å². The molecule has 0 aromatic rings. The SMILES string of the molecule is CC/C=C\C/C=C\C/C=C\C/C=C\C/C=C\C/C=C\C/C=C\CCCCCCCCCCCCCCCCCCCCCC(=O)OC(COC(=O)CCCCCCC/C=C\C/C=C\CCC)COP(=O)(O)OCCN. The second kappa shape index (κ2) is 59.9. The van der Waals surface area contributed by atoms with Gasteiger partial charge < -0.3 is 20.1 Å². The molecule has 430 valence electrons. The molecule has 75 heavy (non-hydrogen) atoms. The van der Waals surface area contributed by atoms with E-state index in [2.05, 4.69) is 123 Å². The summed E-state index contributed by atoms with van der Waals surface area (Å²) in [5.74, 6) is -0.843. The quantitative estimate of drug-likeness (QED) is 0.0264. The van der Waals surface area contributed by atoms with E-state index in [1.807, 2.05) is 0 Å². The molecule has 0 aromatic heterocycles. The van der Waals surface area contributed by atoms with Crippen molar-refractivity contribution in [3.05, 3.63) is 109 Å². The predicted molar refractivity (Wildman–Crippen MR) is 321 cm³/mol. The maximum atomic E-state index is 12.7. The third-order valence-corrected chi connectivity index (χ3v) is 13.6. The Labute approximate surface area is 460 Å². The van der Waals surface area contributed by atoms with Gasteiger partial charge in [-0.3, -0.25) is 18.6 Å². The highest BCUT2D eigenvalue weighted by Crippen LogP contribution is 2.43. The maximum Gasteiger partial charge on any atom is 0.472 e. The first-order valence-electron chi connectivity index (χ1n) is 30.4. The smallest absolute Gasteiger partial charge is 0.462 e. The molecule has 0 saturated heterocycles. The van der Waals surface area contributed by atoms with Crippen LogP contribution in [0.4, 0.5) is 0 Å². The summed E-state index contributed by atoms with van der Waals surface area (Å²) in [5.41, 5.74) is 5.37. The lowest BCUT2D eigenvalue weighted by Crippen LogP contribution is -2.29. The van der Waals surface area contributed by atoms with Crippen molar-refractivity contribution >= 4 is 19.8 Å². The minimum absolute atomic E-state index is 0.0488. The van der Waals surface area contributed by atoms with E-state index < -0.39 is 32.5 Å². The van der Waals surface area contributed by atoms with Crippen LogP contribution in [0.2, 0.25) is 0 Å². The van der Waals surface area contributed by atoms with Crippen LogP contribution < -0.4 is 5.73 Å². The van der Waals surface area contributed by atoms with Gasteiger partial charge in [-0.15, -0.1) is 0 Å². The Balaban J connectivity index is 3.81. The molecule has 0 radical (unpaired) electrons. The molecule has 0 heterocycles. The van der Waals surface area contributed by atoms with Gasteiger partial charge in [-0.1, -0.05) is 258 Å². The highest BCUT2D eigenvalue weighted by Gasteiger charge is 2.26. The van der Waals surface area contributed by atoms with Crippen LogP contribution in [-0.4, -0.2) is 49.3 Å². The number of hydrogen-bond acceptors (Lipinski definition) is 8. The number of rotatable bonds is 56. The summed E-state index contributed by atoms with van der Waals surface area (Å²) in [7, 11) is -4.39. The van der Waals surface area contributed by atoms with Crippen molar-refractivity contribution in [3.63, 3.8) is 0 Å². The molecule has 0 saturated carbocycles. The van der Waals surface area contributed by atoms with Crippen LogP contribution in [0.15, 0.2) is 109 Å². The molecular weight excluding hydrogens is 954 g/mol. The lowest BCUT2D eigenvalue weighted by molar-refractivity contribution is -0.161. The van der Waals surface area contributed by atoms with Crippen LogP contribution in [0, 0.1) is 0 Å². The molecule has 10 heteroatoms. The van der Waals surface area contributed by atoms with Crippen molar-refractivity contribution in [1.82, 2.24) is 0 Å². The predicted octanol–water partition coefficient (Wildman–Crippen LogP) is 19.4. The zero-order valence-corrected chi connectivity index (χ0v) is 48.9. The third kappa shape index (κ3) is 59.8. The summed E-state index contributed by atoms with van der Waals surface area (Å²) in [6.07, 6.45) is 81.8. The summed E-state index contributed by atoms with van der Waals surface area (Å²) >= 11 is 0. The van der Waals surface area contributed by atoms with Crippen LogP contribution >= 0.6 is 7.82 Å². The Morgan fingerprint density at radius 1 is 0.413 bits per heavy atom. The van der Waals surface area contributed by atoms with Gasteiger partial charge in [-0.25, -0.2) is 4.57 Å². The van der Waals surface area contributed by atoms with Gasteiger partial charge >= 0.3 is 19.8 Å². The van der Waals surface area contributed by atoms with Crippen LogP contribution in [0.25, 0.3) is 0 Å². The molecule has 0 fully saturated rings. The fraction of sp³-hybridized carbons (Fsp3) is 0.692. The fourth-order valence-corrected chi connectivity index (χ4v) is 8.95. The standard InChI is InChI=1S/C65H112NO8P/c1-3-5-7-9-11-13-15-17-18-19-20-21-22-23-24-25-26-27-28-29-30-31-32-33-34-35-36-37-38-39-40-41-42-43-44-46-48-50-52-54-56-58-65(68)74-63(62-73-75(69,70)72-60-59-66)61-71-64(67)57-55-53-51-49-47-45-16-14-12-10-8-6-4-2/h5,7-8,10-11,13-14,16-18,20-21,23-24,26-27,29-30,63H,3-4,6,9,12,15,19,22,25,28,31-62,66H2,1-2H3,(H,69,70)/b7-5-,10-8-,13-11-,16-14-,18-17-,21-20-,24-23-,27-26-,30-29-. The van der Waals surface area contributed by atoms with Crippen molar-refractivity contribution in [2.24, 2.45) is 5.73 Å². The van der Waals surface area contributed by atoms with E-state index in [9.17, 15) is 19.0 Å². The number of ether oxygens (including phenoxy) is 2. The van der Waals surface area contributed by atoms with E-state index in [1.165, 1.54) is 109 Å². The van der Waals surface area contributed by atoms with E-state index in [4.69, 9.17) is 24.3 Å². The zero-order chi connectivity index (χ0) is 54.5. The Kier molecular flexibility index (Phi) is 57.2. The van der Waals surface area contributed by atoms with E-state index >= 15 is 0 Å². The molecule has 0 aliphatic carbocycles. The normalized spacial score (nSPS) is 13.8. The Hall–Kier alpha value is -3.33. The monoisotopic (exact) mass is 1070 g/mol. The van der Waals surface area contributed by atoms with E-state index in [1.54, 1.807) is 0 Å². The molecule has 0 aromatic carbocycles. The Morgan fingerprint density at radius 2 is 0.733 bits per heavy atom. The number of carbonyl (C=O) groups is 2. The van der Waals surface area contributed by atoms with Crippen LogP contribution in [0.1, 0.15) is 258 Å². The first-order chi connectivity index (χ1) is 36.8. The first-order valence-corrected chi connectivity index (χ1v) is 31.9. The van der Waals surface area contributed by atoms with Gasteiger partial charge in [0, 0.05) is 19.4 Å². The van der Waals surface area contributed by atoms with Gasteiger partial charge in [-0.2, -0.15) is 0 Å². The highest BCUT2D eigenvalue weighted by atomic mass is 31.2. The second-order valence-corrected chi connectivity index (χ2v) is 21.3. The van der Waals surface area contributed by atoms with E-state index in [-0.39, 0.29) is 32.6 Å². The summed E-state index contributed by atoms with van der Waals surface area (Å²) in [5, 5.41) is 0. The fourth-order valence-electron chi connectivity index (χ4n) is 8.18. The molecule has 0 spiro atoms. The molecule has 0 aliphatic heterocycles. The number of hydrogen-bond donors (Lipinski definition) is 2. The zero-order valence-electron chi connectivity index (χ0n) is 48.0. The second-order valence-electron chi connectivity index (χ2n) is 19.8. The Morgan fingerprint density at radius 3 is 1.09 bits per heavy atom. The number of carbonyl (C=O) groups excluding carboxylic acids is 2. The first kappa shape index (κ1) is 71.7. The summed E-state index contributed by atoms with van der Waals surface area (Å²) in [4.78, 5) is 35.1. The number of phosphoric ester groups is 1. The summed E-state index contributed by atoms with van der Waals surface area (Å²) in [6.45, 7) is 3.55. The number of phosphoric acid groups is 1. The van der Waals surface area contributed by atoms with Crippen molar-refractivity contribution < 1.29 is 37.6 Å². The van der Waals surface area contributed by atoms with Crippen molar-refractivity contribution in [2.45, 2.75) is 264 Å². The van der Waals surface area contributed by atoms with Gasteiger partial charge in [0.25, 0.3) is 0 Å². The molecule has 0 aliphatic rings. The molecule has 9 nitrogen and oxygen atoms in total. The van der Waals surface area contributed by atoms with Crippen molar-refractivity contribution in [1.29, 1.82) is 0 Å². The minimum Gasteiger partial charge on any atom is -0.462 e. The van der Waals surface area contributed by atoms with E-state index in [0.29, 0.717) is 12.8 Å². The number of allylic oxidation sites excluding steroid dienone is 18. The maximum absolute atomic E-state index is 12.7. The van der Waals surface area contributed by atoms with Gasteiger partial charge in [0.15, 0.2) is 6.10 Å². The van der Waals surface area contributed by atoms with Gasteiger partial charge in [0.05, 0.1) is 13.2 Å². The molecule has 0 rings (SSSR count). The largest absolute Gasteiger partial charge is 0.472 e. The molecule has 3 N–H and O–H groups in total.